The Morgan fingerprint density at radius 1 is 1.41 bits per heavy atom. The van der Waals surface area contributed by atoms with E-state index in [-0.39, 0.29) is 11.3 Å². The van der Waals surface area contributed by atoms with E-state index in [1.54, 1.807) is 18.9 Å². The second kappa shape index (κ2) is 6.89. The molecule has 1 atom stereocenters. The Hall–Kier alpha value is -1.24. The summed E-state index contributed by atoms with van der Waals surface area (Å²) in [4.78, 5) is 13.9. The zero-order valence-corrected chi connectivity index (χ0v) is 14.6. The first-order valence-electron chi connectivity index (χ1n) is 7.03. The summed E-state index contributed by atoms with van der Waals surface area (Å²) < 4.78 is 8.24. The molecule has 2 heterocycles. The minimum absolute atomic E-state index is 0.0797. The lowest BCUT2D eigenvalue weighted by Gasteiger charge is -2.22. The molecule has 0 aliphatic carbocycles. The Labute approximate surface area is 142 Å². The number of hydrogen-bond acceptors (Lipinski definition) is 3. The summed E-state index contributed by atoms with van der Waals surface area (Å²) in [6.45, 7) is 1.20. The SMILES string of the molecule is COCCN1C(=O)CS[C@H]1c1ccn(-c2cccc(Br)c2)c1. The number of ether oxygens (including phenoxy) is 1. The average Bonchev–Trinajstić information content (AvgIpc) is 3.12. The van der Waals surface area contributed by atoms with Gasteiger partial charge >= 0.3 is 0 Å². The highest BCUT2D eigenvalue weighted by Gasteiger charge is 2.32. The highest BCUT2D eigenvalue weighted by Crippen LogP contribution is 2.38. The minimum Gasteiger partial charge on any atom is -0.383 e. The molecule has 0 bridgehead atoms. The maximum atomic E-state index is 12.0. The number of benzene rings is 1. The van der Waals surface area contributed by atoms with E-state index in [1.165, 1.54) is 0 Å². The van der Waals surface area contributed by atoms with Gasteiger partial charge in [-0.2, -0.15) is 0 Å². The quantitative estimate of drug-likeness (QED) is 0.796. The molecule has 116 valence electrons. The molecule has 1 amide bonds. The Bertz CT molecular complexity index is 674. The number of halogens is 1. The van der Waals surface area contributed by atoms with Gasteiger partial charge in [-0.05, 0) is 24.3 Å². The van der Waals surface area contributed by atoms with E-state index in [9.17, 15) is 4.79 Å². The van der Waals surface area contributed by atoms with Crippen LogP contribution >= 0.6 is 27.7 Å². The second-order valence-corrected chi connectivity index (χ2v) is 7.06. The summed E-state index contributed by atoms with van der Waals surface area (Å²) in [5.74, 6) is 0.721. The predicted octanol–water partition coefficient (Wildman–Crippen LogP) is 3.46. The summed E-state index contributed by atoms with van der Waals surface area (Å²) >= 11 is 5.17. The van der Waals surface area contributed by atoms with Crippen molar-refractivity contribution in [2.75, 3.05) is 26.0 Å². The number of rotatable bonds is 5. The van der Waals surface area contributed by atoms with Gasteiger partial charge in [0.1, 0.15) is 5.37 Å². The molecular formula is C16H17BrN2O2S. The van der Waals surface area contributed by atoms with Gasteiger partial charge in [0.2, 0.25) is 5.91 Å². The Morgan fingerprint density at radius 2 is 2.27 bits per heavy atom. The lowest BCUT2D eigenvalue weighted by Crippen LogP contribution is -2.31. The molecule has 4 nitrogen and oxygen atoms in total. The number of nitrogens with zero attached hydrogens (tertiary/aromatic N) is 2. The van der Waals surface area contributed by atoms with Crippen molar-refractivity contribution in [3.8, 4) is 5.69 Å². The molecule has 0 unspecified atom stereocenters. The molecule has 1 aliphatic heterocycles. The largest absolute Gasteiger partial charge is 0.383 e. The first-order chi connectivity index (χ1) is 10.7. The predicted molar refractivity (Wildman–Crippen MR) is 92.3 cm³/mol. The van der Waals surface area contributed by atoms with Crippen LogP contribution in [0.4, 0.5) is 0 Å². The van der Waals surface area contributed by atoms with Gasteiger partial charge in [-0.3, -0.25) is 4.79 Å². The molecule has 22 heavy (non-hydrogen) atoms. The highest BCUT2D eigenvalue weighted by molar-refractivity contribution is 9.10. The molecule has 6 heteroatoms. The second-order valence-electron chi connectivity index (χ2n) is 5.08. The highest BCUT2D eigenvalue weighted by atomic mass is 79.9. The molecule has 0 spiro atoms. The van der Waals surface area contributed by atoms with Crippen LogP contribution in [0.25, 0.3) is 5.69 Å². The third kappa shape index (κ3) is 3.24. The number of aromatic nitrogens is 1. The summed E-state index contributed by atoms with van der Waals surface area (Å²) in [5, 5.41) is 0.0797. The summed E-state index contributed by atoms with van der Waals surface area (Å²) in [5.41, 5.74) is 2.24. The lowest BCUT2D eigenvalue weighted by atomic mass is 10.3. The van der Waals surface area contributed by atoms with Gasteiger partial charge in [-0.1, -0.05) is 22.0 Å². The zero-order valence-electron chi connectivity index (χ0n) is 12.2. The molecule has 3 rings (SSSR count). The van der Waals surface area contributed by atoms with Crippen LogP contribution in [0, 0.1) is 0 Å². The van der Waals surface area contributed by atoms with Crippen molar-refractivity contribution in [3.05, 3.63) is 52.8 Å². The first kappa shape index (κ1) is 15.6. The van der Waals surface area contributed by atoms with Gasteiger partial charge in [0.05, 0.1) is 12.4 Å². The van der Waals surface area contributed by atoms with Crippen molar-refractivity contribution < 1.29 is 9.53 Å². The van der Waals surface area contributed by atoms with Gasteiger partial charge < -0.3 is 14.2 Å². The molecule has 1 aliphatic rings. The fourth-order valence-electron chi connectivity index (χ4n) is 2.52. The first-order valence-corrected chi connectivity index (χ1v) is 8.87. The molecule has 2 aromatic rings. The smallest absolute Gasteiger partial charge is 0.233 e. The molecule has 0 N–H and O–H groups in total. The maximum Gasteiger partial charge on any atom is 0.233 e. The molecular weight excluding hydrogens is 364 g/mol. The van der Waals surface area contributed by atoms with E-state index >= 15 is 0 Å². The van der Waals surface area contributed by atoms with E-state index in [2.05, 4.69) is 44.9 Å². The fraction of sp³-hybridized carbons (Fsp3) is 0.312. The normalized spacial score (nSPS) is 18.2. The van der Waals surface area contributed by atoms with E-state index < -0.39 is 0 Å². The summed E-state index contributed by atoms with van der Waals surface area (Å²) in [6, 6.07) is 10.2. The van der Waals surface area contributed by atoms with Crippen LogP contribution in [-0.2, 0) is 9.53 Å². The van der Waals surface area contributed by atoms with Gasteiger partial charge in [0, 0.05) is 41.8 Å². The fourth-order valence-corrected chi connectivity index (χ4v) is 4.11. The van der Waals surface area contributed by atoms with Crippen molar-refractivity contribution in [1.82, 2.24) is 9.47 Å². The van der Waals surface area contributed by atoms with Crippen molar-refractivity contribution in [2.45, 2.75) is 5.37 Å². The number of hydrogen-bond donors (Lipinski definition) is 0. The Morgan fingerprint density at radius 3 is 3.05 bits per heavy atom. The molecule has 0 saturated carbocycles. The molecule has 0 radical (unpaired) electrons. The number of carbonyl (C=O) groups excluding carboxylic acids is 1. The minimum atomic E-state index is 0.0797. The lowest BCUT2D eigenvalue weighted by molar-refractivity contribution is -0.128. The van der Waals surface area contributed by atoms with Gasteiger partial charge in [0.15, 0.2) is 0 Å². The van der Waals surface area contributed by atoms with Crippen LogP contribution in [0.3, 0.4) is 0 Å². The topological polar surface area (TPSA) is 34.5 Å². The molecule has 1 aromatic carbocycles. The van der Waals surface area contributed by atoms with E-state index in [0.29, 0.717) is 18.9 Å². The average molecular weight is 381 g/mol. The van der Waals surface area contributed by atoms with Crippen LogP contribution in [0.15, 0.2) is 47.2 Å². The Balaban J connectivity index is 1.82. The molecule has 1 fully saturated rings. The number of carbonyl (C=O) groups is 1. The van der Waals surface area contributed by atoms with E-state index in [4.69, 9.17) is 4.74 Å². The van der Waals surface area contributed by atoms with Crippen molar-refractivity contribution in [3.63, 3.8) is 0 Å². The molecule has 1 saturated heterocycles. The number of amides is 1. The van der Waals surface area contributed by atoms with E-state index in [1.807, 2.05) is 23.2 Å². The summed E-state index contributed by atoms with van der Waals surface area (Å²) in [7, 11) is 1.66. The molecule has 1 aromatic heterocycles. The van der Waals surface area contributed by atoms with Crippen LogP contribution < -0.4 is 0 Å². The van der Waals surface area contributed by atoms with Gasteiger partial charge in [-0.15, -0.1) is 11.8 Å². The van der Waals surface area contributed by atoms with Crippen LogP contribution in [-0.4, -0.2) is 41.4 Å². The van der Waals surface area contributed by atoms with Gasteiger partial charge in [-0.25, -0.2) is 0 Å². The van der Waals surface area contributed by atoms with Crippen LogP contribution in [0.1, 0.15) is 10.9 Å². The maximum absolute atomic E-state index is 12.0. The van der Waals surface area contributed by atoms with Crippen LogP contribution in [0.5, 0.6) is 0 Å². The monoisotopic (exact) mass is 380 g/mol. The summed E-state index contributed by atoms with van der Waals surface area (Å²) in [6.07, 6.45) is 4.13. The van der Waals surface area contributed by atoms with Crippen LogP contribution in [0.2, 0.25) is 0 Å². The third-order valence-electron chi connectivity index (χ3n) is 3.61. The van der Waals surface area contributed by atoms with E-state index in [0.717, 1.165) is 15.7 Å². The Kier molecular flexibility index (Phi) is 4.90. The van der Waals surface area contributed by atoms with Crippen molar-refractivity contribution in [2.24, 2.45) is 0 Å². The number of thioether (sulfide) groups is 1. The standard InChI is InChI=1S/C16H17BrN2O2S/c1-21-8-7-19-15(20)11-22-16(19)12-5-6-18(10-12)14-4-2-3-13(17)9-14/h2-6,9-10,16H,7-8,11H2,1H3/t16-/m0/s1. The number of methoxy groups -OCH3 is 1. The van der Waals surface area contributed by atoms with Gasteiger partial charge in [0.25, 0.3) is 0 Å². The third-order valence-corrected chi connectivity index (χ3v) is 5.36. The zero-order chi connectivity index (χ0) is 15.5. The van der Waals surface area contributed by atoms with Crippen molar-refractivity contribution in [1.29, 1.82) is 0 Å². The van der Waals surface area contributed by atoms with Crippen molar-refractivity contribution >= 4 is 33.6 Å².